The first-order valence-electron chi connectivity index (χ1n) is 5.60. The van der Waals surface area contributed by atoms with E-state index in [1.54, 1.807) is 7.11 Å². The minimum atomic E-state index is 0.724. The summed E-state index contributed by atoms with van der Waals surface area (Å²) in [6.45, 7) is 3.65. The van der Waals surface area contributed by atoms with Crippen LogP contribution in [0, 0.1) is 0 Å². The molecule has 0 saturated carbocycles. The van der Waals surface area contributed by atoms with E-state index in [4.69, 9.17) is 9.47 Å². The van der Waals surface area contributed by atoms with E-state index in [-0.39, 0.29) is 0 Å². The van der Waals surface area contributed by atoms with Crippen LogP contribution >= 0.6 is 22.6 Å². The Balaban J connectivity index is 2.57. The van der Waals surface area contributed by atoms with Crippen molar-refractivity contribution >= 4 is 22.6 Å². The van der Waals surface area contributed by atoms with Crippen LogP contribution < -0.4 is 4.74 Å². The summed E-state index contributed by atoms with van der Waals surface area (Å²) >= 11 is 2.38. The maximum atomic E-state index is 5.71. The molecule has 0 aliphatic heterocycles. The summed E-state index contributed by atoms with van der Waals surface area (Å²) in [6.07, 6.45) is 1.99. The van der Waals surface area contributed by atoms with E-state index in [0.29, 0.717) is 0 Å². The maximum absolute atomic E-state index is 5.71. The van der Waals surface area contributed by atoms with Crippen LogP contribution in [0.5, 0.6) is 5.75 Å². The largest absolute Gasteiger partial charge is 0.493 e. The van der Waals surface area contributed by atoms with Crippen molar-refractivity contribution in [3.63, 3.8) is 0 Å². The van der Waals surface area contributed by atoms with Gasteiger partial charge >= 0.3 is 0 Å². The molecule has 0 N–H and O–H groups in total. The van der Waals surface area contributed by atoms with Crippen LogP contribution in [0.3, 0.4) is 0 Å². The maximum Gasteiger partial charge on any atom is 0.119 e. The molecule has 0 amide bonds. The molecule has 1 aromatic rings. The number of rotatable bonds is 7. The van der Waals surface area contributed by atoms with E-state index in [1.165, 1.54) is 11.1 Å². The van der Waals surface area contributed by atoms with Crippen LogP contribution in [0.2, 0.25) is 0 Å². The first-order chi connectivity index (χ1) is 7.80. The molecule has 1 aromatic carbocycles. The third-order valence-corrected chi connectivity index (χ3v) is 3.23. The van der Waals surface area contributed by atoms with E-state index in [9.17, 15) is 0 Å². The van der Waals surface area contributed by atoms with E-state index in [0.717, 1.165) is 36.2 Å². The predicted octanol–water partition coefficient (Wildman–Crippen LogP) is 3.60. The lowest BCUT2D eigenvalue weighted by Gasteiger charge is -2.09. The van der Waals surface area contributed by atoms with Gasteiger partial charge in [0.2, 0.25) is 0 Å². The van der Waals surface area contributed by atoms with Crippen molar-refractivity contribution in [3.05, 3.63) is 29.3 Å². The zero-order valence-electron chi connectivity index (χ0n) is 9.96. The van der Waals surface area contributed by atoms with E-state index >= 15 is 0 Å². The molecule has 90 valence electrons. The fraction of sp³-hybridized carbons (Fsp3) is 0.538. The van der Waals surface area contributed by atoms with Crippen LogP contribution in [0.15, 0.2) is 18.2 Å². The molecule has 0 unspecified atom stereocenters. The van der Waals surface area contributed by atoms with Gasteiger partial charge in [0.25, 0.3) is 0 Å². The average Bonchev–Trinajstić information content (AvgIpc) is 2.34. The zero-order chi connectivity index (χ0) is 11.8. The lowest BCUT2D eigenvalue weighted by atomic mass is 10.1. The number of halogens is 1. The fourth-order valence-corrected chi connectivity index (χ4v) is 1.93. The third kappa shape index (κ3) is 4.70. The zero-order valence-corrected chi connectivity index (χ0v) is 12.1. The minimum Gasteiger partial charge on any atom is -0.493 e. The second kappa shape index (κ2) is 7.90. The summed E-state index contributed by atoms with van der Waals surface area (Å²) in [5.74, 6) is 0.988. The Morgan fingerprint density at radius 1 is 1.12 bits per heavy atom. The van der Waals surface area contributed by atoms with Crippen molar-refractivity contribution in [2.24, 2.45) is 0 Å². The molecule has 0 saturated heterocycles. The Hall–Kier alpha value is -0.290. The summed E-state index contributed by atoms with van der Waals surface area (Å²) in [4.78, 5) is 0. The lowest BCUT2D eigenvalue weighted by Crippen LogP contribution is -2.02. The predicted molar refractivity (Wildman–Crippen MR) is 75.5 cm³/mol. The van der Waals surface area contributed by atoms with Crippen molar-refractivity contribution in [3.8, 4) is 5.75 Å². The number of benzene rings is 1. The molecule has 0 spiro atoms. The highest BCUT2D eigenvalue weighted by Gasteiger charge is 2.00. The Morgan fingerprint density at radius 2 is 1.88 bits per heavy atom. The van der Waals surface area contributed by atoms with Gasteiger partial charge in [0, 0.05) is 24.6 Å². The van der Waals surface area contributed by atoms with Gasteiger partial charge in [0.1, 0.15) is 5.75 Å². The lowest BCUT2D eigenvalue weighted by molar-refractivity contribution is 0.172. The van der Waals surface area contributed by atoms with Gasteiger partial charge < -0.3 is 9.47 Å². The number of aryl methyl sites for hydroxylation is 1. The van der Waals surface area contributed by atoms with Crippen molar-refractivity contribution in [2.45, 2.75) is 24.2 Å². The molecule has 1 rings (SSSR count). The second-order valence-corrected chi connectivity index (χ2v) is 4.43. The van der Waals surface area contributed by atoms with Gasteiger partial charge in [-0.3, -0.25) is 0 Å². The van der Waals surface area contributed by atoms with Crippen molar-refractivity contribution < 1.29 is 9.47 Å². The number of alkyl halides is 1. The molecular formula is C13H19IO2. The Kier molecular flexibility index (Phi) is 6.80. The minimum absolute atomic E-state index is 0.724. The summed E-state index contributed by atoms with van der Waals surface area (Å²) < 4.78 is 11.7. The van der Waals surface area contributed by atoms with Crippen LogP contribution in [-0.4, -0.2) is 20.3 Å². The van der Waals surface area contributed by atoms with Crippen molar-refractivity contribution in [1.29, 1.82) is 0 Å². The number of hydrogen-bond donors (Lipinski definition) is 0. The quantitative estimate of drug-likeness (QED) is 0.431. The van der Waals surface area contributed by atoms with E-state index in [2.05, 4.69) is 47.7 Å². The van der Waals surface area contributed by atoms with Crippen molar-refractivity contribution in [1.82, 2.24) is 0 Å². The van der Waals surface area contributed by atoms with Gasteiger partial charge in [-0.25, -0.2) is 0 Å². The summed E-state index contributed by atoms with van der Waals surface area (Å²) in [6, 6.07) is 6.50. The molecule has 0 bridgehead atoms. The van der Waals surface area contributed by atoms with Gasteiger partial charge in [-0.2, -0.15) is 0 Å². The molecule has 0 aromatic heterocycles. The molecule has 0 atom stereocenters. The number of ether oxygens (including phenoxy) is 2. The molecule has 3 heteroatoms. The van der Waals surface area contributed by atoms with E-state index < -0.39 is 0 Å². The normalized spacial score (nSPS) is 10.4. The van der Waals surface area contributed by atoms with Crippen LogP contribution in [-0.2, 0) is 15.6 Å². The molecule has 0 radical (unpaired) electrons. The number of hydrogen-bond acceptors (Lipinski definition) is 2. The Labute approximate surface area is 111 Å². The summed E-state index contributed by atoms with van der Waals surface area (Å²) in [5, 5.41) is 0. The van der Waals surface area contributed by atoms with Gasteiger partial charge in [0.05, 0.1) is 6.61 Å². The summed E-state index contributed by atoms with van der Waals surface area (Å²) in [5.41, 5.74) is 2.68. The molecule has 0 aliphatic rings. The van der Waals surface area contributed by atoms with Gasteiger partial charge in [-0.05, 0) is 29.7 Å². The van der Waals surface area contributed by atoms with Crippen LogP contribution in [0.1, 0.15) is 24.5 Å². The topological polar surface area (TPSA) is 18.5 Å². The second-order valence-electron chi connectivity index (χ2n) is 3.67. The first-order valence-corrected chi connectivity index (χ1v) is 7.13. The smallest absolute Gasteiger partial charge is 0.119 e. The molecular weight excluding hydrogens is 315 g/mol. The molecule has 0 heterocycles. The third-order valence-electron chi connectivity index (χ3n) is 2.35. The molecule has 2 nitrogen and oxygen atoms in total. The van der Waals surface area contributed by atoms with Gasteiger partial charge in [-0.15, -0.1) is 0 Å². The highest BCUT2D eigenvalue weighted by molar-refractivity contribution is 14.1. The standard InChI is InChI=1S/C13H19IO2/c1-3-11-7-12(10-14)9-13(8-11)16-6-4-5-15-2/h7-9H,3-6,10H2,1-2H3. The monoisotopic (exact) mass is 334 g/mol. The molecule has 0 aliphatic carbocycles. The Bertz CT molecular complexity index is 291. The van der Waals surface area contributed by atoms with Gasteiger partial charge in [-0.1, -0.05) is 35.6 Å². The van der Waals surface area contributed by atoms with E-state index in [1.807, 2.05) is 0 Å². The number of methoxy groups -OCH3 is 1. The van der Waals surface area contributed by atoms with Crippen LogP contribution in [0.25, 0.3) is 0 Å². The van der Waals surface area contributed by atoms with Crippen molar-refractivity contribution in [2.75, 3.05) is 20.3 Å². The highest BCUT2D eigenvalue weighted by Crippen LogP contribution is 2.20. The summed E-state index contributed by atoms with van der Waals surface area (Å²) in [7, 11) is 1.71. The SMILES string of the molecule is CCc1cc(CI)cc(OCCCOC)c1. The first kappa shape index (κ1) is 13.8. The Morgan fingerprint density at radius 3 is 2.50 bits per heavy atom. The molecule has 0 fully saturated rings. The highest BCUT2D eigenvalue weighted by atomic mass is 127. The average molecular weight is 334 g/mol. The fourth-order valence-electron chi connectivity index (χ4n) is 1.49. The molecule has 16 heavy (non-hydrogen) atoms. The van der Waals surface area contributed by atoms with Gasteiger partial charge in [0.15, 0.2) is 0 Å². The van der Waals surface area contributed by atoms with Crippen LogP contribution in [0.4, 0.5) is 0 Å².